The second kappa shape index (κ2) is 10.4. The summed E-state index contributed by atoms with van der Waals surface area (Å²) in [5.74, 6) is 1.19. The second-order valence-electron chi connectivity index (χ2n) is 9.20. The highest BCUT2D eigenvalue weighted by Crippen LogP contribution is 2.36. The van der Waals surface area contributed by atoms with Crippen molar-refractivity contribution in [3.63, 3.8) is 0 Å². The highest BCUT2D eigenvalue weighted by atomic mass is 32.2. The number of aromatic nitrogens is 5. The molecule has 36 heavy (non-hydrogen) atoms. The summed E-state index contributed by atoms with van der Waals surface area (Å²) in [6.45, 7) is 10.5. The first-order valence-corrected chi connectivity index (χ1v) is 13.1. The summed E-state index contributed by atoms with van der Waals surface area (Å²) in [5, 5.41) is 14.0. The lowest BCUT2D eigenvalue weighted by Gasteiger charge is -2.28. The van der Waals surface area contributed by atoms with Gasteiger partial charge in [-0.15, -0.1) is 5.10 Å². The van der Waals surface area contributed by atoms with Crippen LogP contribution in [0.1, 0.15) is 36.1 Å². The Morgan fingerprint density at radius 3 is 2.44 bits per heavy atom. The molecule has 0 aliphatic rings. The monoisotopic (exact) mass is 506 g/mol. The quantitative estimate of drug-likeness (QED) is 0.352. The molecule has 10 heteroatoms. The second-order valence-corrected chi connectivity index (χ2v) is 11.1. The minimum Gasteiger partial charge on any atom is -0.487 e. The lowest BCUT2D eigenvalue weighted by atomic mass is 10.1. The number of hydrogen-bond acceptors (Lipinski definition) is 7. The van der Waals surface area contributed by atoms with Gasteiger partial charge >= 0.3 is 0 Å². The van der Waals surface area contributed by atoms with Crippen LogP contribution in [-0.2, 0) is 16.6 Å². The van der Waals surface area contributed by atoms with E-state index in [1.54, 1.807) is 18.3 Å². The van der Waals surface area contributed by atoms with E-state index in [9.17, 15) is 8.42 Å². The number of nitrogens with zero attached hydrogens (tertiary/aromatic N) is 5. The van der Waals surface area contributed by atoms with Gasteiger partial charge in [0, 0.05) is 24.5 Å². The molecule has 0 aliphatic carbocycles. The van der Waals surface area contributed by atoms with Gasteiger partial charge in [-0.2, -0.15) is 0 Å². The SMILES string of the molecule is Cc1cc(OCc2ccc(-c3nnn[nH]3)cc2C)c(N(CC(C)C)S(=O)(=O)c2cccnc2)cc1C. The average molecular weight is 507 g/mol. The van der Waals surface area contributed by atoms with Crippen molar-refractivity contribution in [3.05, 3.63) is 77.1 Å². The molecule has 2 aromatic heterocycles. The van der Waals surface area contributed by atoms with Crippen LogP contribution in [0.15, 0.2) is 59.8 Å². The van der Waals surface area contributed by atoms with Crippen molar-refractivity contribution in [2.75, 3.05) is 10.8 Å². The van der Waals surface area contributed by atoms with Crippen LogP contribution in [0.3, 0.4) is 0 Å². The molecule has 0 saturated carbocycles. The lowest BCUT2D eigenvalue weighted by molar-refractivity contribution is 0.306. The van der Waals surface area contributed by atoms with Gasteiger partial charge in [0.05, 0.1) is 5.69 Å². The highest BCUT2D eigenvalue weighted by Gasteiger charge is 2.29. The van der Waals surface area contributed by atoms with Crippen molar-refractivity contribution < 1.29 is 13.2 Å². The number of aromatic amines is 1. The zero-order valence-corrected chi connectivity index (χ0v) is 21.9. The number of rotatable bonds is 9. The molecule has 0 amide bonds. The third kappa shape index (κ3) is 5.38. The molecule has 2 aromatic carbocycles. The number of H-pyrrole nitrogens is 1. The number of anilines is 1. The zero-order valence-electron chi connectivity index (χ0n) is 21.1. The Bertz CT molecular complexity index is 1440. The molecule has 4 rings (SSSR count). The van der Waals surface area contributed by atoms with Crippen molar-refractivity contribution >= 4 is 15.7 Å². The van der Waals surface area contributed by atoms with Crippen LogP contribution in [-0.4, -0.2) is 40.6 Å². The van der Waals surface area contributed by atoms with Crippen LogP contribution >= 0.6 is 0 Å². The van der Waals surface area contributed by atoms with Gasteiger partial charge in [-0.05, 0) is 89.7 Å². The van der Waals surface area contributed by atoms with E-state index in [1.807, 2.05) is 65.0 Å². The van der Waals surface area contributed by atoms with E-state index < -0.39 is 10.0 Å². The van der Waals surface area contributed by atoms with Gasteiger partial charge in [-0.25, -0.2) is 13.5 Å². The van der Waals surface area contributed by atoms with Gasteiger partial charge in [0.25, 0.3) is 10.0 Å². The predicted molar refractivity (Wildman–Crippen MR) is 138 cm³/mol. The summed E-state index contributed by atoms with van der Waals surface area (Å²) < 4.78 is 35.1. The van der Waals surface area contributed by atoms with Crippen LogP contribution in [0.25, 0.3) is 11.4 Å². The van der Waals surface area contributed by atoms with Crippen LogP contribution < -0.4 is 9.04 Å². The molecule has 0 saturated heterocycles. The summed E-state index contributed by atoms with van der Waals surface area (Å²) in [5.41, 5.74) is 5.37. The smallest absolute Gasteiger partial charge is 0.265 e. The molecule has 0 aliphatic heterocycles. The molecule has 0 fully saturated rings. The first kappa shape index (κ1) is 25.3. The van der Waals surface area contributed by atoms with Crippen LogP contribution in [0.2, 0.25) is 0 Å². The fraction of sp³-hybridized carbons (Fsp3) is 0.308. The number of sulfonamides is 1. The number of aryl methyl sites for hydroxylation is 3. The number of ether oxygens (including phenoxy) is 1. The van der Waals surface area contributed by atoms with Gasteiger partial charge in [0.15, 0.2) is 5.82 Å². The molecule has 9 nitrogen and oxygen atoms in total. The Morgan fingerprint density at radius 1 is 1.03 bits per heavy atom. The Morgan fingerprint density at radius 2 is 1.81 bits per heavy atom. The molecular weight excluding hydrogens is 476 g/mol. The van der Waals surface area contributed by atoms with Gasteiger partial charge in [0.1, 0.15) is 17.3 Å². The largest absolute Gasteiger partial charge is 0.487 e. The van der Waals surface area contributed by atoms with Crippen molar-refractivity contribution in [3.8, 4) is 17.1 Å². The van der Waals surface area contributed by atoms with E-state index in [4.69, 9.17) is 4.74 Å². The van der Waals surface area contributed by atoms with Crippen molar-refractivity contribution in [1.82, 2.24) is 25.6 Å². The van der Waals surface area contributed by atoms with E-state index in [0.29, 0.717) is 23.8 Å². The van der Waals surface area contributed by atoms with E-state index in [1.165, 1.54) is 10.5 Å². The van der Waals surface area contributed by atoms with Crippen LogP contribution in [0.4, 0.5) is 5.69 Å². The summed E-state index contributed by atoms with van der Waals surface area (Å²) in [7, 11) is -3.85. The number of hydrogen-bond donors (Lipinski definition) is 1. The Hall–Kier alpha value is -3.79. The maximum Gasteiger partial charge on any atom is 0.265 e. The maximum atomic E-state index is 13.7. The van der Waals surface area contributed by atoms with E-state index in [2.05, 4.69) is 25.6 Å². The molecule has 2 heterocycles. The molecule has 0 atom stereocenters. The van der Waals surface area contributed by atoms with Crippen molar-refractivity contribution in [1.29, 1.82) is 0 Å². The summed E-state index contributed by atoms with van der Waals surface area (Å²) >= 11 is 0. The van der Waals surface area contributed by atoms with Crippen LogP contribution in [0.5, 0.6) is 5.75 Å². The lowest BCUT2D eigenvalue weighted by Crippen LogP contribution is -2.34. The van der Waals surface area contributed by atoms with Gasteiger partial charge < -0.3 is 4.74 Å². The number of tetrazole rings is 1. The predicted octanol–water partition coefficient (Wildman–Crippen LogP) is 4.62. The third-order valence-electron chi connectivity index (χ3n) is 5.94. The van der Waals surface area contributed by atoms with Crippen molar-refractivity contribution in [2.24, 2.45) is 5.92 Å². The molecule has 0 bridgehead atoms. The van der Waals surface area contributed by atoms with E-state index in [0.717, 1.165) is 27.8 Å². The molecule has 1 N–H and O–H groups in total. The normalized spacial score (nSPS) is 11.6. The molecular formula is C26H30N6O3S. The molecule has 0 radical (unpaired) electrons. The molecule has 4 aromatic rings. The van der Waals surface area contributed by atoms with Gasteiger partial charge in [-0.3, -0.25) is 9.29 Å². The molecule has 0 unspecified atom stereocenters. The first-order valence-electron chi connectivity index (χ1n) is 11.7. The summed E-state index contributed by atoms with van der Waals surface area (Å²) in [6, 6.07) is 12.8. The average Bonchev–Trinajstić information content (AvgIpc) is 3.39. The van der Waals surface area contributed by atoms with Crippen LogP contribution in [0, 0.1) is 26.7 Å². The standard InChI is InChI=1S/C26H30N6O3S/c1-17(2)15-32(36(33,34)23-7-6-10-27-14-23)24-12-18(3)19(4)13-25(24)35-16-22-9-8-21(11-20(22)5)26-28-30-31-29-26/h6-14,17H,15-16H2,1-5H3,(H,28,29,30,31). The fourth-order valence-corrected chi connectivity index (χ4v) is 5.41. The van der Waals surface area contributed by atoms with E-state index in [-0.39, 0.29) is 17.4 Å². The number of pyridine rings is 1. The zero-order chi connectivity index (χ0) is 25.9. The number of benzene rings is 2. The Balaban J connectivity index is 1.70. The first-order chi connectivity index (χ1) is 17.2. The maximum absolute atomic E-state index is 13.7. The third-order valence-corrected chi connectivity index (χ3v) is 7.71. The minimum atomic E-state index is -3.85. The summed E-state index contributed by atoms with van der Waals surface area (Å²) in [4.78, 5) is 4.16. The topological polar surface area (TPSA) is 114 Å². The Kier molecular flexibility index (Phi) is 7.35. The molecule has 188 valence electrons. The fourth-order valence-electron chi connectivity index (χ4n) is 3.81. The minimum absolute atomic E-state index is 0.0891. The Labute approximate surface area is 211 Å². The highest BCUT2D eigenvalue weighted by molar-refractivity contribution is 7.92. The molecule has 0 spiro atoms. The van der Waals surface area contributed by atoms with Gasteiger partial charge in [0.2, 0.25) is 0 Å². The summed E-state index contributed by atoms with van der Waals surface area (Å²) in [6.07, 6.45) is 2.93. The van der Waals surface area contributed by atoms with Crippen molar-refractivity contribution in [2.45, 2.75) is 46.1 Å². The number of nitrogens with one attached hydrogen (secondary N) is 1. The van der Waals surface area contributed by atoms with E-state index >= 15 is 0 Å². The van der Waals surface area contributed by atoms with Gasteiger partial charge in [-0.1, -0.05) is 26.0 Å².